The summed E-state index contributed by atoms with van der Waals surface area (Å²) in [7, 11) is 0. The molecule has 0 aromatic carbocycles. The van der Waals surface area contributed by atoms with Crippen LogP contribution in [0.1, 0.15) is 232 Å². The van der Waals surface area contributed by atoms with Crippen molar-refractivity contribution < 1.29 is 24.2 Å². The van der Waals surface area contributed by atoms with Crippen LogP contribution in [-0.2, 0) is 19.1 Å². The average Bonchev–Trinajstić information content (AvgIpc) is 3.36. The van der Waals surface area contributed by atoms with Crippen molar-refractivity contribution in [3.63, 3.8) is 0 Å². The molecule has 0 heterocycles. The van der Waals surface area contributed by atoms with Gasteiger partial charge in [0, 0.05) is 12.8 Å². The minimum absolute atomic E-state index is 0.0858. The van der Waals surface area contributed by atoms with Crippen LogP contribution in [0.5, 0.6) is 0 Å². The van der Waals surface area contributed by atoms with E-state index in [0.29, 0.717) is 12.8 Å². The van der Waals surface area contributed by atoms with Gasteiger partial charge < -0.3 is 14.6 Å². The summed E-state index contributed by atoms with van der Waals surface area (Å²) in [4.78, 5) is 24.5. The maximum absolute atomic E-state index is 12.3. The van der Waals surface area contributed by atoms with Crippen LogP contribution in [0.3, 0.4) is 0 Å². The minimum Gasteiger partial charge on any atom is -0.462 e. The molecule has 0 aromatic heterocycles. The summed E-state index contributed by atoms with van der Waals surface area (Å²) in [5.41, 5.74) is 0. The van der Waals surface area contributed by atoms with Gasteiger partial charge in [-0.3, -0.25) is 9.59 Å². The number of hydrogen-bond donors (Lipinski definition) is 1. The molecule has 394 valence electrons. The Morgan fingerprint density at radius 1 is 0.329 bits per heavy atom. The molecule has 0 saturated carbocycles. The smallest absolute Gasteiger partial charge is 0.306 e. The maximum Gasteiger partial charge on any atom is 0.306 e. The van der Waals surface area contributed by atoms with Gasteiger partial charge in [-0.25, -0.2) is 0 Å². The fourth-order valence-electron chi connectivity index (χ4n) is 7.44. The van der Waals surface area contributed by atoms with Gasteiger partial charge >= 0.3 is 11.9 Å². The van der Waals surface area contributed by atoms with E-state index in [0.717, 1.165) is 128 Å². The second-order valence-electron chi connectivity index (χ2n) is 18.2. The van der Waals surface area contributed by atoms with Gasteiger partial charge in [-0.15, -0.1) is 0 Å². The van der Waals surface area contributed by atoms with E-state index in [-0.39, 0.29) is 25.2 Å². The molecule has 5 heteroatoms. The van der Waals surface area contributed by atoms with Gasteiger partial charge in [0.15, 0.2) is 6.10 Å². The van der Waals surface area contributed by atoms with Crippen LogP contribution in [0.25, 0.3) is 0 Å². The molecule has 0 bridgehead atoms. The summed E-state index contributed by atoms with van der Waals surface area (Å²) in [6, 6.07) is 0. The number of esters is 2. The van der Waals surface area contributed by atoms with Crippen molar-refractivity contribution in [3.8, 4) is 0 Å². The molecular formula is C65H104O5. The molecule has 0 radical (unpaired) electrons. The lowest BCUT2D eigenvalue weighted by Gasteiger charge is -2.15. The standard InChI is InChI=1S/C65H104O5/c1-3-5-7-9-11-13-15-17-19-21-22-23-24-25-26-27-28-29-30-31-32-33-34-35-36-37-38-39-40-41-42-44-46-48-50-52-54-56-58-60-65(68)70-63(61-66)62-69-64(67)59-57-55-53-51-49-47-45-43-20-18-16-14-12-10-8-6-4-2/h5-8,11-14,17-20,22-23,25-26,28-29,31-32,34-35,45,47,63,66H,3-4,9-10,15-16,21,24,27,30,33,36-44,46,48-62H2,1-2H3/b7-5-,8-6-,13-11-,14-12-,19-17-,20-18-,23-22-,26-25-,29-28-,32-31-,35-34-,47-45-. The summed E-state index contributed by atoms with van der Waals surface area (Å²) in [6.07, 6.45) is 89.6. The summed E-state index contributed by atoms with van der Waals surface area (Å²) in [6.45, 7) is 3.88. The fraction of sp³-hybridized carbons (Fsp3) is 0.600. The number of carbonyl (C=O) groups is 2. The normalized spacial score (nSPS) is 13.4. The molecule has 70 heavy (non-hydrogen) atoms. The molecule has 0 aromatic rings. The monoisotopic (exact) mass is 965 g/mol. The maximum atomic E-state index is 12.3. The predicted molar refractivity (Wildman–Crippen MR) is 306 cm³/mol. The van der Waals surface area contributed by atoms with E-state index >= 15 is 0 Å². The van der Waals surface area contributed by atoms with Crippen molar-refractivity contribution in [2.24, 2.45) is 0 Å². The number of ether oxygens (including phenoxy) is 2. The third-order valence-corrected chi connectivity index (χ3v) is 11.6. The predicted octanol–water partition coefficient (Wildman–Crippen LogP) is 19.4. The number of aliphatic hydroxyl groups is 1. The molecule has 0 amide bonds. The fourth-order valence-corrected chi connectivity index (χ4v) is 7.44. The first kappa shape index (κ1) is 65.8. The van der Waals surface area contributed by atoms with Gasteiger partial charge in [-0.1, -0.05) is 250 Å². The molecule has 0 rings (SSSR count). The number of hydrogen-bond acceptors (Lipinski definition) is 5. The Morgan fingerprint density at radius 3 is 0.857 bits per heavy atom. The van der Waals surface area contributed by atoms with Crippen molar-refractivity contribution in [2.75, 3.05) is 13.2 Å². The molecule has 0 spiro atoms. The first-order valence-electron chi connectivity index (χ1n) is 28.4. The topological polar surface area (TPSA) is 72.8 Å². The highest BCUT2D eigenvalue weighted by molar-refractivity contribution is 5.70. The number of unbranched alkanes of at least 4 members (excludes halogenated alkanes) is 18. The zero-order valence-corrected chi connectivity index (χ0v) is 45.0. The van der Waals surface area contributed by atoms with Crippen molar-refractivity contribution in [3.05, 3.63) is 146 Å². The van der Waals surface area contributed by atoms with Crippen LogP contribution in [0.4, 0.5) is 0 Å². The highest BCUT2D eigenvalue weighted by Gasteiger charge is 2.16. The molecule has 0 saturated heterocycles. The van der Waals surface area contributed by atoms with Gasteiger partial charge in [-0.05, 0) is 116 Å². The molecular weight excluding hydrogens is 861 g/mol. The summed E-state index contributed by atoms with van der Waals surface area (Å²) in [5, 5.41) is 9.64. The van der Waals surface area contributed by atoms with E-state index in [1.165, 1.54) is 77.0 Å². The van der Waals surface area contributed by atoms with Crippen molar-refractivity contribution in [1.82, 2.24) is 0 Å². The van der Waals surface area contributed by atoms with E-state index in [9.17, 15) is 14.7 Å². The Labute approximate surface area is 431 Å². The average molecular weight is 966 g/mol. The Balaban J connectivity index is 3.55. The lowest BCUT2D eigenvalue weighted by Crippen LogP contribution is -2.28. The third-order valence-electron chi connectivity index (χ3n) is 11.6. The second-order valence-corrected chi connectivity index (χ2v) is 18.2. The van der Waals surface area contributed by atoms with Crippen LogP contribution in [0, 0.1) is 0 Å². The van der Waals surface area contributed by atoms with Gasteiger partial charge in [0.2, 0.25) is 0 Å². The minimum atomic E-state index is -0.792. The molecule has 0 aliphatic rings. The lowest BCUT2D eigenvalue weighted by atomic mass is 10.0. The van der Waals surface area contributed by atoms with Crippen LogP contribution >= 0.6 is 0 Å². The number of allylic oxidation sites excluding steroid dienone is 24. The van der Waals surface area contributed by atoms with E-state index in [1.54, 1.807) is 0 Å². The molecule has 0 fully saturated rings. The van der Waals surface area contributed by atoms with E-state index in [4.69, 9.17) is 9.47 Å². The van der Waals surface area contributed by atoms with E-state index in [2.05, 4.69) is 160 Å². The van der Waals surface area contributed by atoms with Crippen molar-refractivity contribution >= 4 is 11.9 Å². The molecule has 1 atom stereocenters. The van der Waals surface area contributed by atoms with Crippen molar-refractivity contribution in [2.45, 2.75) is 238 Å². The Kier molecular flexibility index (Phi) is 55.5. The Bertz CT molecular complexity index is 1510. The van der Waals surface area contributed by atoms with E-state index < -0.39 is 6.10 Å². The first-order chi connectivity index (χ1) is 34.6. The largest absolute Gasteiger partial charge is 0.462 e. The molecule has 1 N–H and O–H groups in total. The summed E-state index contributed by atoms with van der Waals surface area (Å²) in [5.74, 6) is -0.625. The number of aliphatic hydroxyl groups excluding tert-OH is 1. The Hall–Kier alpha value is -4.22. The first-order valence-corrected chi connectivity index (χ1v) is 28.4. The number of rotatable bonds is 50. The van der Waals surface area contributed by atoms with Gasteiger partial charge in [-0.2, -0.15) is 0 Å². The van der Waals surface area contributed by atoms with Crippen LogP contribution in [0.2, 0.25) is 0 Å². The zero-order chi connectivity index (χ0) is 50.6. The second kappa shape index (κ2) is 59.1. The van der Waals surface area contributed by atoms with Gasteiger partial charge in [0.25, 0.3) is 0 Å². The molecule has 0 aliphatic heterocycles. The van der Waals surface area contributed by atoms with Crippen LogP contribution in [0.15, 0.2) is 146 Å². The lowest BCUT2D eigenvalue weighted by molar-refractivity contribution is -0.161. The van der Waals surface area contributed by atoms with Crippen LogP contribution < -0.4 is 0 Å². The summed E-state index contributed by atoms with van der Waals surface area (Å²) >= 11 is 0. The highest BCUT2D eigenvalue weighted by Crippen LogP contribution is 2.15. The van der Waals surface area contributed by atoms with Crippen LogP contribution in [-0.4, -0.2) is 36.4 Å². The van der Waals surface area contributed by atoms with E-state index in [1.807, 2.05) is 0 Å². The molecule has 0 aliphatic carbocycles. The molecule has 5 nitrogen and oxygen atoms in total. The van der Waals surface area contributed by atoms with Crippen molar-refractivity contribution in [1.29, 1.82) is 0 Å². The van der Waals surface area contributed by atoms with Gasteiger partial charge in [0.1, 0.15) is 6.61 Å². The Morgan fingerprint density at radius 2 is 0.571 bits per heavy atom. The quantitative estimate of drug-likeness (QED) is 0.0374. The highest BCUT2D eigenvalue weighted by atomic mass is 16.6. The zero-order valence-electron chi connectivity index (χ0n) is 45.0. The third kappa shape index (κ3) is 56.4. The summed E-state index contributed by atoms with van der Waals surface area (Å²) < 4.78 is 10.7. The van der Waals surface area contributed by atoms with Gasteiger partial charge in [0.05, 0.1) is 6.61 Å². The molecule has 1 unspecified atom stereocenters. The SMILES string of the molecule is CC/C=C\C/C=C\C/C=C\C/C=C\C/C=C\C/C=C\C/C=C\C/C=C\CCCCCCCCCCCCCCCCC(=O)OC(CO)COC(=O)CCCCCC/C=C\C/C=C\C/C=C\C/C=C\CC. The number of carbonyl (C=O) groups excluding carboxylic acids is 2.